The molecule has 1 aromatic heterocycles. The van der Waals surface area contributed by atoms with Crippen LogP contribution in [-0.4, -0.2) is 36.7 Å². The Kier molecular flexibility index (Phi) is 7.97. The Morgan fingerprint density at radius 2 is 1.70 bits per heavy atom. The van der Waals surface area contributed by atoms with Crippen molar-refractivity contribution in [3.63, 3.8) is 0 Å². The Morgan fingerprint density at radius 3 is 2.38 bits per heavy atom. The minimum Gasteiger partial charge on any atom is -0.481 e. The maximum atomic E-state index is 13.1. The largest absolute Gasteiger partial charge is 0.481 e. The Bertz CT molecular complexity index is 1560. The Morgan fingerprint density at radius 1 is 1.03 bits per heavy atom. The number of aliphatic carboxylic acids is 1. The number of ether oxygens (including phenoxy) is 1. The van der Waals surface area contributed by atoms with Gasteiger partial charge in [0.25, 0.3) is 0 Å². The number of para-hydroxylation sites is 1. The highest BCUT2D eigenvalue weighted by atomic mass is 32.2. The minimum atomic E-state index is -4.10. The highest BCUT2D eigenvalue weighted by Gasteiger charge is 2.28. The van der Waals surface area contributed by atoms with E-state index in [0.29, 0.717) is 12.3 Å². The SMILES string of the molecule is CC#CCOc1ccc(S(=O)(=O)N[C@@H](Cc2c(C)n(Cc3ccccc3)c3ccccc23)C(=O)O)cc1. The average molecular weight is 517 g/mol. The third kappa shape index (κ3) is 6.02. The van der Waals surface area contributed by atoms with Crippen molar-refractivity contribution in [3.8, 4) is 17.6 Å². The van der Waals surface area contributed by atoms with Gasteiger partial charge in [0.2, 0.25) is 10.0 Å². The number of nitrogens with one attached hydrogen (secondary N) is 1. The summed E-state index contributed by atoms with van der Waals surface area (Å²) in [5.74, 6) is 4.70. The van der Waals surface area contributed by atoms with Gasteiger partial charge in [-0.3, -0.25) is 4.79 Å². The maximum absolute atomic E-state index is 13.1. The fraction of sp³-hybridized carbons (Fsp3) is 0.207. The molecule has 0 saturated heterocycles. The van der Waals surface area contributed by atoms with Crippen LogP contribution < -0.4 is 9.46 Å². The third-order valence-corrected chi connectivity index (χ3v) is 7.66. The predicted molar refractivity (Wildman–Crippen MR) is 143 cm³/mol. The lowest BCUT2D eigenvalue weighted by atomic mass is 10.0. The van der Waals surface area contributed by atoms with Crippen LogP contribution in [0, 0.1) is 18.8 Å². The summed E-state index contributed by atoms with van der Waals surface area (Å²) in [5.41, 5.74) is 3.77. The lowest BCUT2D eigenvalue weighted by molar-refractivity contribution is -0.138. The van der Waals surface area contributed by atoms with E-state index in [1.165, 1.54) is 24.3 Å². The summed E-state index contributed by atoms with van der Waals surface area (Å²) in [6.07, 6.45) is -0.000415. The van der Waals surface area contributed by atoms with Crippen molar-refractivity contribution in [3.05, 3.63) is 95.7 Å². The maximum Gasteiger partial charge on any atom is 0.322 e. The van der Waals surface area contributed by atoms with Crippen molar-refractivity contribution in [2.45, 2.75) is 37.8 Å². The van der Waals surface area contributed by atoms with E-state index in [1.54, 1.807) is 6.92 Å². The molecule has 0 saturated carbocycles. The van der Waals surface area contributed by atoms with Gasteiger partial charge in [0.15, 0.2) is 0 Å². The number of carbonyl (C=O) groups is 1. The first-order chi connectivity index (χ1) is 17.8. The highest BCUT2D eigenvalue weighted by Crippen LogP contribution is 2.28. The molecule has 2 N–H and O–H groups in total. The van der Waals surface area contributed by atoms with E-state index in [4.69, 9.17) is 4.74 Å². The summed E-state index contributed by atoms with van der Waals surface area (Å²) in [6, 6.07) is 22.2. The Hall–Kier alpha value is -4.06. The number of hydrogen-bond acceptors (Lipinski definition) is 4. The molecule has 0 aliphatic heterocycles. The lowest BCUT2D eigenvalue weighted by Crippen LogP contribution is -2.42. The molecule has 4 aromatic rings. The van der Waals surface area contributed by atoms with Gasteiger partial charge in [-0.15, -0.1) is 5.92 Å². The van der Waals surface area contributed by atoms with Crippen LogP contribution >= 0.6 is 0 Å². The van der Waals surface area contributed by atoms with Crippen LogP contribution in [0.1, 0.15) is 23.7 Å². The van der Waals surface area contributed by atoms with E-state index in [-0.39, 0.29) is 17.9 Å². The van der Waals surface area contributed by atoms with Crippen LogP contribution in [0.25, 0.3) is 10.9 Å². The quantitative estimate of drug-likeness (QED) is 0.305. The van der Waals surface area contributed by atoms with Gasteiger partial charge in [-0.05, 0) is 55.3 Å². The van der Waals surface area contributed by atoms with Gasteiger partial charge < -0.3 is 14.4 Å². The van der Waals surface area contributed by atoms with Crippen molar-refractivity contribution < 1.29 is 23.1 Å². The first-order valence-electron chi connectivity index (χ1n) is 11.8. The lowest BCUT2D eigenvalue weighted by Gasteiger charge is -2.16. The van der Waals surface area contributed by atoms with Gasteiger partial charge >= 0.3 is 5.97 Å². The number of carboxylic acids is 1. The molecule has 0 spiro atoms. The van der Waals surface area contributed by atoms with Gasteiger partial charge in [0, 0.05) is 29.6 Å². The summed E-state index contributed by atoms with van der Waals surface area (Å²) >= 11 is 0. The van der Waals surface area contributed by atoms with E-state index < -0.39 is 22.0 Å². The topological polar surface area (TPSA) is 97.6 Å². The van der Waals surface area contributed by atoms with E-state index in [1.807, 2.05) is 61.5 Å². The molecule has 4 rings (SSSR count). The average Bonchev–Trinajstić information content (AvgIpc) is 3.15. The molecule has 0 fully saturated rings. The van der Waals surface area contributed by atoms with Gasteiger partial charge in [-0.1, -0.05) is 54.5 Å². The van der Waals surface area contributed by atoms with Gasteiger partial charge in [-0.2, -0.15) is 4.72 Å². The van der Waals surface area contributed by atoms with Gasteiger partial charge in [-0.25, -0.2) is 8.42 Å². The molecule has 0 bridgehead atoms. The van der Waals surface area contributed by atoms with Crippen molar-refractivity contribution in [2.24, 2.45) is 0 Å². The molecular formula is C29H28N2O5S. The minimum absolute atomic E-state index is 0.000415. The second-order valence-corrected chi connectivity index (χ2v) is 10.3. The van der Waals surface area contributed by atoms with Gasteiger partial charge in [0.1, 0.15) is 18.4 Å². The summed E-state index contributed by atoms with van der Waals surface area (Å²) < 4.78 is 36.1. The second-order valence-electron chi connectivity index (χ2n) is 8.56. The fourth-order valence-corrected chi connectivity index (χ4v) is 5.46. The normalized spacial score (nSPS) is 12.1. The molecule has 8 heteroatoms. The molecule has 1 heterocycles. The molecule has 0 aliphatic carbocycles. The third-order valence-electron chi connectivity index (χ3n) is 6.17. The van der Waals surface area contributed by atoms with Crippen molar-refractivity contribution in [1.29, 1.82) is 0 Å². The van der Waals surface area contributed by atoms with E-state index >= 15 is 0 Å². The fourth-order valence-electron chi connectivity index (χ4n) is 4.28. The first-order valence-corrected chi connectivity index (χ1v) is 13.3. The Balaban J connectivity index is 1.61. The highest BCUT2D eigenvalue weighted by molar-refractivity contribution is 7.89. The number of nitrogens with zero attached hydrogens (tertiary/aromatic N) is 1. The molecule has 0 aliphatic rings. The van der Waals surface area contributed by atoms with Crippen molar-refractivity contribution >= 4 is 26.9 Å². The van der Waals surface area contributed by atoms with Crippen LogP contribution in [0.3, 0.4) is 0 Å². The second kappa shape index (κ2) is 11.3. The van der Waals surface area contributed by atoms with Crippen LogP contribution in [0.5, 0.6) is 5.75 Å². The van der Waals surface area contributed by atoms with Crippen molar-refractivity contribution in [1.82, 2.24) is 9.29 Å². The number of aromatic nitrogens is 1. The van der Waals surface area contributed by atoms with Crippen LogP contribution in [0.15, 0.2) is 83.8 Å². The molecule has 0 radical (unpaired) electrons. The summed E-state index contributed by atoms with van der Waals surface area (Å²) in [4.78, 5) is 12.1. The summed E-state index contributed by atoms with van der Waals surface area (Å²) in [5, 5.41) is 10.8. The summed E-state index contributed by atoms with van der Waals surface area (Å²) in [7, 11) is -4.10. The van der Waals surface area contributed by atoms with Crippen LogP contribution in [0.2, 0.25) is 0 Å². The zero-order chi connectivity index (χ0) is 26.4. The molecular weight excluding hydrogens is 488 g/mol. The van der Waals surface area contributed by atoms with Gasteiger partial charge in [0.05, 0.1) is 4.90 Å². The molecule has 3 aromatic carbocycles. The number of fused-ring (bicyclic) bond motifs is 1. The first kappa shape index (κ1) is 26.0. The molecule has 37 heavy (non-hydrogen) atoms. The predicted octanol–water partition coefficient (Wildman–Crippen LogP) is 4.37. The zero-order valence-electron chi connectivity index (χ0n) is 20.6. The standard InChI is InChI=1S/C29H28N2O5S/c1-3-4-18-36-23-14-16-24(17-15-23)37(34,35)30-27(29(32)33)19-26-21(2)31(20-22-10-6-5-7-11-22)28-13-9-8-12-25(26)28/h5-17,27,30H,18-20H2,1-2H3,(H,32,33)/t27-/m0/s1. The number of carboxylic acid groups (broad SMARTS) is 1. The zero-order valence-corrected chi connectivity index (χ0v) is 21.5. The van der Waals surface area contributed by atoms with Crippen LogP contribution in [0.4, 0.5) is 0 Å². The summed E-state index contributed by atoms with van der Waals surface area (Å²) in [6.45, 7) is 4.45. The number of sulfonamides is 1. The molecule has 7 nitrogen and oxygen atoms in total. The molecule has 0 amide bonds. The smallest absolute Gasteiger partial charge is 0.322 e. The number of hydrogen-bond donors (Lipinski definition) is 2. The van der Waals surface area contributed by atoms with Crippen LogP contribution in [-0.2, 0) is 27.8 Å². The molecule has 0 unspecified atom stereocenters. The molecule has 1 atom stereocenters. The number of rotatable bonds is 10. The monoisotopic (exact) mass is 516 g/mol. The van der Waals surface area contributed by atoms with Crippen molar-refractivity contribution in [2.75, 3.05) is 6.61 Å². The number of benzene rings is 3. The molecule has 190 valence electrons. The van der Waals surface area contributed by atoms with E-state index in [2.05, 4.69) is 21.1 Å². The van der Waals surface area contributed by atoms with E-state index in [0.717, 1.165) is 27.7 Å². The van der Waals surface area contributed by atoms with E-state index in [9.17, 15) is 18.3 Å². The Labute approximate surface area is 216 Å².